The van der Waals surface area contributed by atoms with Crippen LogP contribution in [0.5, 0.6) is 0 Å². The van der Waals surface area contributed by atoms with Crippen LogP contribution in [-0.2, 0) is 0 Å². The Bertz CT molecular complexity index is 611. The van der Waals surface area contributed by atoms with Gasteiger partial charge in [-0.05, 0) is 19.9 Å². The number of aromatic nitrogens is 5. The van der Waals surface area contributed by atoms with Gasteiger partial charge < -0.3 is 10.2 Å². The van der Waals surface area contributed by atoms with Crippen molar-refractivity contribution < 1.29 is 0 Å². The van der Waals surface area contributed by atoms with Crippen molar-refractivity contribution in [1.29, 1.82) is 0 Å². The van der Waals surface area contributed by atoms with E-state index in [1.165, 1.54) is 0 Å². The highest BCUT2D eigenvalue weighted by Gasteiger charge is 2.29. The highest BCUT2D eigenvalue weighted by atomic mass is 32.2. The zero-order valence-electron chi connectivity index (χ0n) is 12.4. The topological polar surface area (TPSA) is 71.8 Å². The maximum Gasteiger partial charge on any atom is 0.257 e. The van der Waals surface area contributed by atoms with E-state index in [-0.39, 0.29) is 4.75 Å². The van der Waals surface area contributed by atoms with Crippen LogP contribution >= 0.6 is 11.8 Å². The van der Waals surface area contributed by atoms with Crippen LogP contribution in [-0.4, -0.2) is 55.4 Å². The molecule has 1 fully saturated rings. The molecular weight excluding hydrogens is 286 g/mol. The summed E-state index contributed by atoms with van der Waals surface area (Å²) >= 11 is 1.98. The Balaban J connectivity index is 1.96. The van der Waals surface area contributed by atoms with Gasteiger partial charge in [0.25, 0.3) is 5.95 Å². The molecule has 3 rings (SSSR count). The molecule has 0 radical (unpaired) electrons. The largest absolute Gasteiger partial charge is 0.357 e. The van der Waals surface area contributed by atoms with Gasteiger partial charge in [0.15, 0.2) is 0 Å². The number of hydrogen-bond donors (Lipinski definition) is 1. The van der Waals surface area contributed by atoms with E-state index in [1.54, 1.807) is 10.9 Å². The Labute approximate surface area is 128 Å². The molecule has 1 aliphatic rings. The zero-order valence-corrected chi connectivity index (χ0v) is 13.3. The summed E-state index contributed by atoms with van der Waals surface area (Å²) < 4.78 is 1.85. The fourth-order valence-corrected chi connectivity index (χ4v) is 3.40. The quantitative estimate of drug-likeness (QED) is 0.919. The molecule has 8 heteroatoms. The molecule has 2 aromatic heterocycles. The fraction of sp³-hybridized carbons (Fsp3) is 0.538. The van der Waals surface area contributed by atoms with Crippen LogP contribution < -0.4 is 10.2 Å². The molecule has 112 valence electrons. The van der Waals surface area contributed by atoms with Gasteiger partial charge in [0, 0.05) is 43.0 Å². The highest BCUT2D eigenvalue weighted by Crippen LogP contribution is 2.31. The average Bonchev–Trinajstić information content (AvgIpc) is 3.00. The van der Waals surface area contributed by atoms with Gasteiger partial charge in [0.1, 0.15) is 0 Å². The molecule has 2 aromatic rings. The van der Waals surface area contributed by atoms with E-state index in [4.69, 9.17) is 0 Å². The average molecular weight is 305 g/mol. The summed E-state index contributed by atoms with van der Waals surface area (Å²) in [6.07, 6.45) is 3.54. The maximum absolute atomic E-state index is 4.57. The van der Waals surface area contributed by atoms with Crippen molar-refractivity contribution in [2.24, 2.45) is 0 Å². The van der Waals surface area contributed by atoms with Crippen molar-refractivity contribution in [2.75, 3.05) is 36.1 Å². The van der Waals surface area contributed by atoms with E-state index in [0.29, 0.717) is 17.8 Å². The summed E-state index contributed by atoms with van der Waals surface area (Å²) in [5.74, 6) is 2.87. The molecular formula is C13H19N7S. The van der Waals surface area contributed by atoms with E-state index >= 15 is 0 Å². The Morgan fingerprint density at radius 3 is 2.71 bits per heavy atom. The number of rotatable bonds is 3. The van der Waals surface area contributed by atoms with Crippen LogP contribution in [0.15, 0.2) is 18.5 Å². The van der Waals surface area contributed by atoms with Crippen molar-refractivity contribution in [2.45, 2.75) is 18.6 Å². The van der Waals surface area contributed by atoms with Crippen LogP contribution in [0.4, 0.5) is 11.9 Å². The third kappa shape index (κ3) is 3.10. The van der Waals surface area contributed by atoms with Crippen molar-refractivity contribution in [3.63, 3.8) is 0 Å². The third-order valence-electron chi connectivity index (χ3n) is 3.25. The van der Waals surface area contributed by atoms with E-state index in [0.717, 1.165) is 18.8 Å². The lowest BCUT2D eigenvalue weighted by atomic mass is 10.2. The Morgan fingerprint density at radius 1 is 1.24 bits per heavy atom. The summed E-state index contributed by atoms with van der Waals surface area (Å²) in [7, 11) is 1.81. The minimum Gasteiger partial charge on any atom is -0.357 e. The van der Waals surface area contributed by atoms with Gasteiger partial charge in [-0.15, -0.1) is 0 Å². The minimum atomic E-state index is 0.205. The number of thioether (sulfide) groups is 1. The number of nitrogens with one attached hydrogen (secondary N) is 1. The molecule has 0 unspecified atom stereocenters. The SMILES string of the molecule is CNc1nc(N2CCSC(C)(C)C2)nc(-n2cccn2)n1. The van der Waals surface area contributed by atoms with E-state index in [2.05, 4.69) is 44.1 Å². The van der Waals surface area contributed by atoms with Gasteiger partial charge in [-0.2, -0.15) is 31.8 Å². The predicted molar refractivity (Wildman–Crippen MR) is 85.2 cm³/mol. The molecule has 0 atom stereocenters. The predicted octanol–water partition coefficient (Wildman–Crippen LogP) is 1.43. The normalized spacial score (nSPS) is 17.8. The number of anilines is 2. The standard InChI is InChI=1S/C13H19N7S/c1-13(2)9-19(7-8-21-13)11-16-10(14-3)17-12(18-11)20-6-4-5-15-20/h4-6H,7-9H2,1-3H3,(H,14,16,17,18). The second kappa shape index (κ2) is 5.51. The summed E-state index contributed by atoms with van der Waals surface area (Å²) in [6.45, 7) is 6.36. The van der Waals surface area contributed by atoms with Crippen molar-refractivity contribution in [3.05, 3.63) is 18.5 Å². The molecule has 0 bridgehead atoms. The van der Waals surface area contributed by atoms with E-state index in [9.17, 15) is 0 Å². The van der Waals surface area contributed by atoms with Crippen LogP contribution in [0.3, 0.4) is 0 Å². The molecule has 0 amide bonds. The number of hydrogen-bond acceptors (Lipinski definition) is 7. The molecule has 0 saturated carbocycles. The van der Waals surface area contributed by atoms with Crippen LogP contribution in [0, 0.1) is 0 Å². The van der Waals surface area contributed by atoms with Crippen LogP contribution in [0.1, 0.15) is 13.8 Å². The Morgan fingerprint density at radius 2 is 2.05 bits per heavy atom. The summed E-state index contributed by atoms with van der Waals surface area (Å²) in [4.78, 5) is 15.6. The first-order valence-corrected chi connectivity index (χ1v) is 7.89. The zero-order chi connectivity index (χ0) is 14.9. The first-order valence-electron chi connectivity index (χ1n) is 6.90. The molecule has 7 nitrogen and oxygen atoms in total. The van der Waals surface area contributed by atoms with Gasteiger partial charge in [-0.25, -0.2) is 4.68 Å². The first kappa shape index (κ1) is 14.1. The number of nitrogens with zero attached hydrogens (tertiary/aromatic N) is 6. The summed E-state index contributed by atoms with van der Waals surface area (Å²) in [5, 5.41) is 7.18. The minimum absolute atomic E-state index is 0.205. The molecule has 0 spiro atoms. The van der Waals surface area contributed by atoms with Gasteiger partial charge in [0.2, 0.25) is 11.9 Å². The van der Waals surface area contributed by atoms with Gasteiger partial charge >= 0.3 is 0 Å². The van der Waals surface area contributed by atoms with Gasteiger partial charge in [0.05, 0.1) is 0 Å². The highest BCUT2D eigenvalue weighted by molar-refractivity contribution is 8.00. The van der Waals surface area contributed by atoms with Crippen LogP contribution in [0.2, 0.25) is 0 Å². The van der Waals surface area contributed by atoms with Crippen molar-refractivity contribution in [1.82, 2.24) is 24.7 Å². The van der Waals surface area contributed by atoms with E-state index in [1.807, 2.05) is 31.1 Å². The summed E-state index contributed by atoms with van der Waals surface area (Å²) in [6, 6.07) is 1.85. The Kier molecular flexibility index (Phi) is 3.71. The second-order valence-electron chi connectivity index (χ2n) is 5.49. The lowest BCUT2D eigenvalue weighted by Gasteiger charge is -2.37. The molecule has 1 aliphatic heterocycles. The van der Waals surface area contributed by atoms with E-state index < -0.39 is 0 Å². The van der Waals surface area contributed by atoms with Crippen molar-refractivity contribution in [3.8, 4) is 5.95 Å². The smallest absolute Gasteiger partial charge is 0.257 e. The fourth-order valence-electron chi connectivity index (χ4n) is 2.28. The molecule has 0 aliphatic carbocycles. The summed E-state index contributed by atoms with van der Waals surface area (Å²) in [5.41, 5.74) is 0. The molecule has 1 saturated heterocycles. The lowest BCUT2D eigenvalue weighted by molar-refractivity contribution is 0.631. The maximum atomic E-state index is 4.57. The Hall–Kier alpha value is -1.83. The molecule has 1 N–H and O–H groups in total. The van der Waals surface area contributed by atoms with Gasteiger partial charge in [-0.1, -0.05) is 0 Å². The van der Waals surface area contributed by atoms with Crippen LogP contribution in [0.25, 0.3) is 5.95 Å². The molecule has 0 aromatic carbocycles. The van der Waals surface area contributed by atoms with Gasteiger partial charge in [-0.3, -0.25) is 0 Å². The molecule has 21 heavy (non-hydrogen) atoms. The first-order chi connectivity index (χ1) is 10.1. The second-order valence-corrected chi connectivity index (χ2v) is 7.29. The third-order valence-corrected chi connectivity index (χ3v) is 4.55. The molecule has 3 heterocycles. The van der Waals surface area contributed by atoms with Crippen molar-refractivity contribution >= 4 is 23.7 Å². The lowest BCUT2D eigenvalue weighted by Crippen LogP contribution is -2.44. The monoisotopic (exact) mass is 305 g/mol.